The zero-order valence-electron chi connectivity index (χ0n) is 15.8. The first kappa shape index (κ1) is 21.1. The number of sulfone groups is 1. The highest BCUT2D eigenvalue weighted by Gasteiger charge is 2.34. The number of hydrogen-bond acceptors (Lipinski definition) is 6. The topological polar surface area (TPSA) is 97.8 Å². The second-order valence-electron chi connectivity index (χ2n) is 6.93. The number of rotatable bonds is 7. The van der Waals surface area contributed by atoms with Gasteiger partial charge < -0.3 is 9.64 Å². The summed E-state index contributed by atoms with van der Waals surface area (Å²) in [6, 6.07) is 6.67. The normalized spacial score (nSPS) is 19.3. The fourth-order valence-corrected chi connectivity index (χ4v) is 4.73. The quantitative estimate of drug-likeness (QED) is 0.513. The van der Waals surface area contributed by atoms with E-state index < -0.39 is 33.9 Å². The molecule has 7 nitrogen and oxygen atoms in total. The average Bonchev–Trinajstić information content (AvgIpc) is 2.98. The molecule has 8 heteroatoms. The van der Waals surface area contributed by atoms with Gasteiger partial charge in [-0.2, -0.15) is 0 Å². The van der Waals surface area contributed by atoms with Crippen LogP contribution < -0.4 is 0 Å². The SMILES string of the molecule is Cc1ccc(C(=O)CCC(=O)O[C@@H](C)C(=O)N(C)[C@H]2CCS(=O)(=O)C2)cc1. The summed E-state index contributed by atoms with van der Waals surface area (Å²) in [5, 5.41) is 0. The lowest BCUT2D eigenvalue weighted by Gasteiger charge is -2.26. The molecular weight excluding hydrogens is 370 g/mol. The van der Waals surface area contributed by atoms with E-state index in [1.54, 1.807) is 12.1 Å². The fourth-order valence-electron chi connectivity index (χ4n) is 2.95. The molecule has 1 aromatic carbocycles. The first-order chi connectivity index (χ1) is 12.6. The van der Waals surface area contributed by atoms with E-state index in [1.807, 2.05) is 19.1 Å². The second-order valence-corrected chi connectivity index (χ2v) is 9.16. The van der Waals surface area contributed by atoms with Gasteiger partial charge in [-0.15, -0.1) is 0 Å². The standard InChI is InChI=1S/C19H25NO6S/c1-13-4-6-15(7-5-13)17(21)8-9-18(22)26-14(2)19(23)20(3)16-10-11-27(24,25)12-16/h4-7,14,16H,8-12H2,1-3H3/t14-,16-/m0/s1. The molecule has 27 heavy (non-hydrogen) atoms. The summed E-state index contributed by atoms with van der Waals surface area (Å²) in [5.41, 5.74) is 1.57. The third kappa shape index (κ3) is 5.89. The number of carbonyl (C=O) groups is 3. The van der Waals surface area contributed by atoms with E-state index in [0.717, 1.165) is 5.56 Å². The Balaban J connectivity index is 1.81. The molecular formula is C19H25NO6S. The maximum atomic E-state index is 12.4. The summed E-state index contributed by atoms with van der Waals surface area (Å²) in [5.74, 6) is -1.26. The van der Waals surface area contributed by atoms with Crippen molar-refractivity contribution >= 4 is 27.5 Å². The lowest BCUT2D eigenvalue weighted by atomic mass is 10.1. The van der Waals surface area contributed by atoms with Crippen LogP contribution in [0, 0.1) is 6.92 Å². The molecule has 1 amide bonds. The predicted molar refractivity (Wildman–Crippen MR) is 100 cm³/mol. The highest BCUT2D eigenvalue weighted by atomic mass is 32.2. The van der Waals surface area contributed by atoms with Gasteiger partial charge in [-0.1, -0.05) is 29.8 Å². The van der Waals surface area contributed by atoms with Crippen LogP contribution in [-0.4, -0.2) is 61.7 Å². The molecule has 1 saturated heterocycles. The number of nitrogens with zero attached hydrogens (tertiary/aromatic N) is 1. The number of benzene rings is 1. The fraction of sp³-hybridized carbons (Fsp3) is 0.526. The third-order valence-electron chi connectivity index (χ3n) is 4.69. The first-order valence-electron chi connectivity index (χ1n) is 8.85. The monoisotopic (exact) mass is 395 g/mol. The molecule has 1 fully saturated rings. The van der Waals surface area contributed by atoms with E-state index in [4.69, 9.17) is 4.74 Å². The molecule has 1 aliphatic rings. The number of ketones is 1. The van der Waals surface area contributed by atoms with Crippen molar-refractivity contribution < 1.29 is 27.5 Å². The second kappa shape index (κ2) is 8.65. The van der Waals surface area contributed by atoms with E-state index in [9.17, 15) is 22.8 Å². The highest BCUT2D eigenvalue weighted by Crippen LogP contribution is 2.18. The zero-order chi connectivity index (χ0) is 20.2. The Morgan fingerprint density at radius 2 is 1.81 bits per heavy atom. The van der Waals surface area contributed by atoms with E-state index in [1.165, 1.54) is 18.9 Å². The van der Waals surface area contributed by atoms with Crippen LogP contribution in [0.1, 0.15) is 42.1 Å². The van der Waals surface area contributed by atoms with E-state index in [2.05, 4.69) is 0 Å². The van der Waals surface area contributed by atoms with Crippen molar-refractivity contribution in [2.45, 2.75) is 45.3 Å². The van der Waals surface area contributed by atoms with Gasteiger partial charge in [-0.3, -0.25) is 14.4 Å². The van der Waals surface area contributed by atoms with Crippen LogP contribution in [0.2, 0.25) is 0 Å². The van der Waals surface area contributed by atoms with Crippen LogP contribution in [0.15, 0.2) is 24.3 Å². The van der Waals surface area contributed by atoms with Crippen molar-refractivity contribution in [3.8, 4) is 0 Å². The van der Waals surface area contributed by atoms with Crippen LogP contribution in [0.5, 0.6) is 0 Å². The number of esters is 1. The summed E-state index contributed by atoms with van der Waals surface area (Å²) in [6.07, 6.45) is -0.762. The Labute approximate surface area is 159 Å². The van der Waals surface area contributed by atoms with E-state index in [0.29, 0.717) is 12.0 Å². The largest absolute Gasteiger partial charge is 0.453 e. The number of Topliss-reactive ketones (excluding diaryl/α,β-unsaturated/α-hetero) is 1. The van der Waals surface area contributed by atoms with Gasteiger partial charge in [0.15, 0.2) is 21.7 Å². The number of carbonyl (C=O) groups excluding carboxylic acids is 3. The lowest BCUT2D eigenvalue weighted by Crippen LogP contribution is -2.44. The van der Waals surface area contributed by atoms with E-state index in [-0.39, 0.29) is 30.1 Å². The maximum absolute atomic E-state index is 12.4. The molecule has 0 radical (unpaired) electrons. The van der Waals surface area contributed by atoms with Gasteiger partial charge in [0.25, 0.3) is 5.91 Å². The minimum absolute atomic E-state index is 0.000483. The number of amides is 1. The Hall–Kier alpha value is -2.22. The molecule has 148 valence electrons. The van der Waals surface area contributed by atoms with Gasteiger partial charge >= 0.3 is 5.97 Å². The first-order valence-corrected chi connectivity index (χ1v) is 10.7. The van der Waals surface area contributed by atoms with Crippen molar-refractivity contribution in [3.63, 3.8) is 0 Å². The zero-order valence-corrected chi connectivity index (χ0v) is 16.6. The molecule has 1 aliphatic heterocycles. The molecule has 0 aromatic heterocycles. The molecule has 0 spiro atoms. The van der Waals surface area contributed by atoms with Gasteiger partial charge in [-0.25, -0.2) is 8.42 Å². The minimum atomic E-state index is -3.11. The average molecular weight is 395 g/mol. The van der Waals surface area contributed by atoms with Crippen molar-refractivity contribution in [3.05, 3.63) is 35.4 Å². The molecule has 0 bridgehead atoms. The number of likely N-dealkylation sites (N-methyl/N-ethyl adjacent to an activating group) is 1. The summed E-state index contributed by atoms with van der Waals surface area (Å²) in [6.45, 7) is 3.37. The Bertz CT molecular complexity index is 815. The van der Waals surface area contributed by atoms with Crippen molar-refractivity contribution in [1.82, 2.24) is 4.90 Å². The Morgan fingerprint density at radius 1 is 1.19 bits per heavy atom. The molecule has 0 aliphatic carbocycles. The van der Waals surface area contributed by atoms with Gasteiger partial charge in [0.05, 0.1) is 17.9 Å². The van der Waals surface area contributed by atoms with Gasteiger partial charge in [0.1, 0.15) is 0 Å². The molecule has 0 N–H and O–H groups in total. The Kier molecular flexibility index (Phi) is 6.75. The van der Waals surface area contributed by atoms with Crippen LogP contribution in [-0.2, 0) is 24.2 Å². The number of hydrogen-bond donors (Lipinski definition) is 0. The smallest absolute Gasteiger partial charge is 0.307 e. The molecule has 2 rings (SSSR count). The van der Waals surface area contributed by atoms with Gasteiger partial charge in [-0.05, 0) is 20.3 Å². The molecule has 2 atom stereocenters. The van der Waals surface area contributed by atoms with Crippen LogP contribution >= 0.6 is 0 Å². The van der Waals surface area contributed by atoms with Gasteiger partial charge in [0, 0.05) is 25.1 Å². The number of ether oxygens (including phenoxy) is 1. The van der Waals surface area contributed by atoms with E-state index >= 15 is 0 Å². The lowest BCUT2D eigenvalue weighted by molar-refractivity contribution is -0.159. The molecule has 1 aromatic rings. The summed E-state index contributed by atoms with van der Waals surface area (Å²) < 4.78 is 28.2. The van der Waals surface area contributed by atoms with Crippen molar-refractivity contribution in [1.29, 1.82) is 0 Å². The van der Waals surface area contributed by atoms with Crippen LogP contribution in [0.3, 0.4) is 0 Å². The predicted octanol–water partition coefficient (Wildman–Crippen LogP) is 1.54. The van der Waals surface area contributed by atoms with Crippen LogP contribution in [0.4, 0.5) is 0 Å². The summed E-state index contributed by atoms with van der Waals surface area (Å²) in [4.78, 5) is 37.7. The van der Waals surface area contributed by atoms with Gasteiger partial charge in [0.2, 0.25) is 0 Å². The molecule has 0 unspecified atom stereocenters. The molecule has 0 saturated carbocycles. The maximum Gasteiger partial charge on any atom is 0.307 e. The Morgan fingerprint density at radius 3 is 2.37 bits per heavy atom. The molecule has 1 heterocycles. The summed E-state index contributed by atoms with van der Waals surface area (Å²) in [7, 11) is -1.60. The third-order valence-corrected chi connectivity index (χ3v) is 6.44. The minimum Gasteiger partial charge on any atom is -0.453 e. The van der Waals surface area contributed by atoms with Crippen LogP contribution in [0.25, 0.3) is 0 Å². The van der Waals surface area contributed by atoms with Crippen molar-refractivity contribution in [2.75, 3.05) is 18.6 Å². The number of aryl methyl sites for hydroxylation is 1. The summed E-state index contributed by atoms with van der Waals surface area (Å²) >= 11 is 0. The highest BCUT2D eigenvalue weighted by molar-refractivity contribution is 7.91. The van der Waals surface area contributed by atoms with Crippen molar-refractivity contribution in [2.24, 2.45) is 0 Å².